The van der Waals surface area contributed by atoms with Crippen LogP contribution in [0.2, 0.25) is 0 Å². The molecule has 39 heavy (non-hydrogen) atoms. The Bertz CT molecular complexity index is 1390. The molecular weight excluding hydrogens is 494 g/mol. The molecule has 4 heteroatoms. The van der Waals surface area contributed by atoms with Gasteiger partial charge in [-0.05, 0) is 27.5 Å². The van der Waals surface area contributed by atoms with Crippen LogP contribution in [0.1, 0.15) is 28.8 Å². The summed E-state index contributed by atoms with van der Waals surface area (Å²) in [4.78, 5) is 12.8. The van der Waals surface area contributed by atoms with Gasteiger partial charge >= 0.3 is 8.32 Å². The van der Waals surface area contributed by atoms with Crippen LogP contribution < -0.4 is 21.0 Å². The first-order valence-corrected chi connectivity index (χ1v) is 15.1. The Balaban J connectivity index is 1.51. The summed E-state index contributed by atoms with van der Waals surface area (Å²) < 4.78 is 6.98. The normalized spacial score (nSPS) is 11.6. The Morgan fingerprint density at radius 2 is 0.949 bits per heavy atom. The highest BCUT2D eigenvalue weighted by Gasteiger charge is 2.43. The van der Waals surface area contributed by atoms with Crippen LogP contribution in [0.4, 0.5) is 0 Å². The molecule has 3 nitrogen and oxygen atoms in total. The molecule has 0 aliphatic rings. The van der Waals surface area contributed by atoms with Crippen molar-refractivity contribution in [1.82, 2.24) is 5.48 Å². The van der Waals surface area contributed by atoms with E-state index in [1.807, 2.05) is 66.7 Å². The van der Waals surface area contributed by atoms with Crippen molar-refractivity contribution in [1.29, 1.82) is 0 Å². The second-order valence-electron chi connectivity index (χ2n) is 9.30. The zero-order valence-corrected chi connectivity index (χ0v) is 22.7. The number of carbonyl (C=O) groups is 1. The molecule has 0 saturated carbocycles. The van der Waals surface area contributed by atoms with E-state index in [1.165, 1.54) is 0 Å². The minimum Gasteiger partial charge on any atom is -0.305 e. The van der Waals surface area contributed by atoms with E-state index in [0.717, 1.165) is 32.4 Å². The summed E-state index contributed by atoms with van der Waals surface area (Å²) in [5.74, 6) is 0.127. The van der Waals surface area contributed by atoms with Crippen molar-refractivity contribution < 1.29 is 9.32 Å². The van der Waals surface area contributed by atoms with E-state index < -0.39 is 8.32 Å². The maximum atomic E-state index is 12.8. The second kappa shape index (κ2) is 12.8. The molecular formula is C35H31NO2Si. The first-order chi connectivity index (χ1) is 19.3. The van der Waals surface area contributed by atoms with Gasteiger partial charge in [-0.25, -0.2) is 0 Å². The number of ketones is 1. The maximum Gasteiger partial charge on any atom is 0.321 e. The predicted octanol–water partition coefficient (Wildman–Crippen LogP) is 5.88. The third-order valence-corrected chi connectivity index (χ3v) is 10.6. The maximum absolute atomic E-state index is 12.8. The fourth-order valence-electron chi connectivity index (χ4n) is 4.78. The van der Waals surface area contributed by atoms with Crippen molar-refractivity contribution in [3.8, 4) is 0 Å². The molecule has 1 N–H and O–H groups in total. The summed E-state index contributed by atoms with van der Waals surface area (Å²) >= 11 is 0. The van der Waals surface area contributed by atoms with Gasteiger partial charge < -0.3 is 4.53 Å². The van der Waals surface area contributed by atoms with Crippen molar-refractivity contribution in [2.24, 2.45) is 0 Å². The molecule has 0 aromatic heterocycles. The van der Waals surface area contributed by atoms with Crippen LogP contribution in [0.25, 0.3) is 5.70 Å². The minimum absolute atomic E-state index is 0.127. The Hall–Kier alpha value is -4.51. The lowest BCUT2D eigenvalue weighted by Crippen LogP contribution is -2.70. The number of hydrogen-bond acceptors (Lipinski definition) is 3. The first kappa shape index (κ1) is 26.1. The smallest absolute Gasteiger partial charge is 0.305 e. The van der Waals surface area contributed by atoms with E-state index in [9.17, 15) is 4.79 Å². The Kier molecular flexibility index (Phi) is 8.59. The molecule has 0 heterocycles. The number of Topliss-reactive ketones (excluding diaryl/α,β-unsaturated/α-hetero) is 1. The number of hydrogen-bond donors (Lipinski definition) is 1. The molecule has 0 bridgehead atoms. The fraction of sp³-hybridized carbons (Fsp3) is 0.0571. The molecule has 0 unspecified atom stereocenters. The lowest BCUT2D eigenvalue weighted by Gasteiger charge is -2.33. The van der Waals surface area contributed by atoms with E-state index in [2.05, 4.69) is 96.5 Å². The molecule has 0 saturated heterocycles. The Morgan fingerprint density at radius 1 is 0.564 bits per heavy atom. The zero-order valence-electron chi connectivity index (χ0n) is 21.7. The van der Waals surface area contributed by atoms with E-state index in [0.29, 0.717) is 12.8 Å². The highest BCUT2D eigenvalue weighted by molar-refractivity contribution is 7.07. The SMILES string of the molecule is O=C(CCC=C(NO[Si](c1ccccc1)(c1ccccc1)c1ccccc1)c1ccccc1)c1ccccc1. The third kappa shape index (κ3) is 6.15. The second-order valence-corrected chi connectivity index (χ2v) is 12.6. The van der Waals surface area contributed by atoms with Gasteiger partial charge in [-0.1, -0.05) is 158 Å². The first-order valence-electron chi connectivity index (χ1n) is 13.2. The average Bonchev–Trinajstić information content (AvgIpc) is 3.03. The summed E-state index contributed by atoms with van der Waals surface area (Å²) in [6.45, 7) is 0. The monoisotopic (exact) mass is 525 g/mol. The summed E-state index contributed by atoms with van der Waals surface area (Å²) in [5, 5.41) is 3.42. The lowest BCUT2D eigenvalue weighted by molar-refractivity contribution is 0.0983. The van der Waals surface area contributed by atoms with E-state index in [4.69, 9.17) is 4.53 Å². The van der Waals surface area contributed by atoms with Gasteiger partial charge in [0, 0.05) is 12.0 Å². The number of nitrogens with one attached hydrogen (secondary N) is 1. The quantitative estimate of drug-likeness (QED) is 0.101. The highest BCUT2D eigenvalue weighted by atomic mass is 28.4. The molecule has 0 atom stereocenters. The molecule has 0 aliphatic carbocycles. The molecule has 192 valence electrons. The van der Waals surface area contributed by atoms with Gasteiger partial charge in [-0.2, -0.15) is 0 Å². The van der Waals surface area contributed by atoms with Gasteiger partial charge in [0.2, 0.25) is 0 Å². The van der Waals surface area contributed by atoms with Crippen molar-refractivity contribution >= 4 is 35.4 Å². The summed E-state index contributed by atoms with van der Waals surface area (Å²) in [6, 6.07) is 51.0. The van der Waals surface area contributed by atoms with E-state index in [1.54, 1.807) is 0 Å². The van der Waals surface area contributed by atoms with Crippen molar-refractivity contribution in [2.75, 3.05) is 0 Å². The van der Waals surface area contributed by atoms with Gasteiger partial charge in [-0.15, -0.1) is 0 Å². The summed E-state index contributed by atoms with van der Waals surface area (Å²) in [7, 11) is -2.95. The number of allylic oxidation sites excluding steroid dienone is 1. The summed E-state index contributed by atoms with van der Waals surface area (Å²) in [6.07, 6.45) is 3.07. The number of carbonyl (C=O) groups excluding carboxylic acids is 1. The summed E-state index contributed by atoms with van der Waals surface area (Å²) in [5.41, 5.74) is 5.98. The van der Waals surface area contributed by atoms with Crippen LogP contribution in [-0.4, -0.2) is 14.1 Å². The van der Waals surface area contributed by atoms with Gasteiger partial charge in [0.15, 0.2) is 5.78 Å². The van der Waals surface area contributed by atoms with Crippen molar-refractivity contribution in [3.05, 3.63) is 169 Å². The van der Waals surface area contributed by atoms with Gasteiger partial charge in [0.25, 0.3) is 0 Å². The number of hydroxylamine groups is 1. The van der Waals surface area contributed by atoms with Crippen LogP contribution in [-0.2, 0) is 4.53 Å². The Labute approximate surface area is 231 Å². The van der Waals surface area contributed by atoms with Crippen LogP contribution in [0.5, 0.6) is 0 Å². The Morgan fingerprint density at radius 3 is 1.38 bits per heavy atom. The van der Waals surface area contributed by atoms with Crippen molar-refractivity contribution in [3.63, 3.8) is 0 Å². The molecule has 0 amide bonds. The highest BCUT2D eigenvalue weighted by Crippen LogP contribution is 2.17. The fourth-order valence-corrected chi connectivity index (χ4v) is 8.38. The van der Waals surface area contributed by atoms with Crippen molar-refractivity contribution in [2.45, 2.75) is 12.8 Å². The zero-order chi connectivity index (χ0) is 26.8. The lowest BCUT2D eigenvalue weighted by atomic mass is 10.1. The molecule has 5 rings (SSSR count). The molecule has 0 spiro atoms. The third-order valence-electron chi connectivity index (χ3n) is 6.76. The van der Waals surface area contributed by atoms with E-state index in [-0.39, 0.29) is 5.78 Å². The molecule has 0 radical (unpaired) electrons. The average molecular weight is 526 g/mol. The topological polar surface area (TPSA) is 38.3 Å². The molecule has 0 aliphatic heterocycles. The van der Waals surface area contributed by atoms with Gasteiger partial charge in [0.1, 0.15) is 0 Å². The van der Waals surface area contributed by atoms with Crippen LogP contribution >= 0.6 is 0 Å². The van der Waals surface area contributed by atoms with Crippen LogP contribution in [0.3, 0.4) is 0 Å². The van der Waals surface area contributed by atoms with Crippen LogP contribution in [0, 0.1) is 0 Å². The van der Waals surface area contributed by atoms with Gasteiger partial charge in [0.05, 0.1) is 5.70 Å². The largest absolute Gasteiger partial charge is 0.321 e. The number of rotatable bonds is 11. The minimum atomic E-state index is -2.95. The molecule has 5 aromatic rings. The molecule has 0 fully saturated rings. The van der Waals surface area contributed by atoms with Crippen LogP contribution in [0.15, 0.2) is 158 Å². The standard InChI is InChI=1S/C35H31NO2Si/c37-35(30-19-8-2-9-20-30)28-16-27-34(29-17-6-1-7-18-29)36-38-39(31-21-10-3-11-22-31,32-23-12-4-13-24-32)33-25-14-5-15-26-33/h1-15,17-27,36H,16,28H2. The predicted molar refractivity (Wildman–Crippen MR) is 163 cm³/mol. The number of benzene rings is 5. The van der Waals surface area contributed by atoms with Gasteiger partial charge in [-0.3, -0.25) is 10.3 Å². The van der Waals surface area contributed by atoms with E-state index >= 15 is 0 Å². The molecule has 5 aromatic carbocycles.